The monoisotopic (exact) mass is 518 g/mol. The zero-order valence-electron chi connectivity index (χ0n) is 22.5. The molecule has 1 unspecified atom stereocenters. The van der Waals surface area contributed by atoms with Crippen LogP contribution in [-0.2, 0) is 4.74 Å². The number of pyridine rings is 1. The Bertz CT molecular complexity index is 1280. The molecule has 1 atom stereocenters. The van der Waals surface area contributed by atoms with Crippen molar-refractivity contribution in [1.29, 1.82) is 0 Å². The van der Waals surface area contributed by atoms with Gasteiger partial charge in [-0.05, 0) is 83.1 Å². The number of hydrogen-bond acceptors (Lipinski definition) is 6. The molecule has 0 bridgehead atoms. The fourth-order valence-electron chi connectivity index (χ4n) is 5.78. The van der Waals surface area contributed by atoms with Crippen LogP contribution in [0.5, 0.6) is 0 Å². The van der Waals surface area contributed by atoms with Crippen LogP contribution in [-0.4, -0.2) is 60.8 Å². The first-order valence-corrected chi connectivity index (χ1v) is 14.5. The van der Waals surface area contributed by atoms with E-state index in [0.29, 0.717) is 13.1 Å². The maximum Gasteiger partial charge on any atom is 0.410 e. The van der Waals surface area contributed by atoms with E-state index < -0.39 is 5.60 Å². The summed E-state index contributed by atoms with van der Waals surface area (Å²) in [5, 5.41) is 0. The fraction of sp³-hybridized carbons (Fsp3) is 0.533. The van der Waals surface area contributed by atoms with Gasteiger partial charge in [0.05, 0.1) is 21.6 Å². The third kappa shape index (κ3) is 5.28. The van der Waals surface area contributed by atoms with Gasteiger partial charge in [0.25, 0.3) is 0 Å². The van der Waals surface area contributed by atoms with Crippen LogP contribution in [0, 0.1) is 18.8 Å². The molecule has 1 amide bonds. The molecule has 3 aliphatic rings. The largest absolute Gasteiger partial charge is 0.444 e. The summed E-state index contributed by atoms with van der Waals surface area (Å²) in [7, 11) is 0. The molecule has 0 spiro atoms. The number of fused-ring (bicyclic) bond motifs is 1. The Kier molecular flexibility index (Phi) is 6.30. The molecule has 7 heteroatoms. The second kappa shape index (κ2) is 9.50. The van der Waals surface area contributed by atoms with Crippen molar-refractivity contribution in [2.75, 3.05) is 49.1 Å². The summed E-state index contributed by atoms with van der Waals surface area (Å²) < 4.78 is 6.87. The lowest BCUT2D eigenvalue weighted by atomic mass is 10.0. The van der Waals surface area contributed by atoms with Crippen LogP contribution >= 0.6 is 11.3 Å². The van der Waals surface area contributed by atoms with E-state index in [1.165, 1.54) is 46.8 Å². The highest BCUT2D eigenvalue weighted by Gasteiger charge is 2.36. The molecule has 1 aliphatic carbocycles. The van der Waals surface area contributed by atoms with Crippen molar-refractivity contribution in [2.24, 2.45) is 11.8 Å². The number of piperazine rings is 1. The molecule has 1 aromatic carbocycles. The topological polar surface area (TPSA) is 48.9 Å². The van der Waals surface area contributed by atoms with Crippen LogP contribution in [0.1, 0.15) is 44.9 Å². The van der Waals surface area contributed by atoms with Crippen LogP contribution in [0.4, 0.5) is 16.2 Å². The average Bonchev–Trinajstić information content (AvgIpc) is 3.47. The molecule has 0 radical (unpaired) electrons. The minimum absolute atomic E-state index is 0.218. The van der Waals surface area contributed by atoms with E-state index in [1.807, 2.05) is 37.0 Å². The Morgan fingerprint density at radius 2 is 1.68 bits per heavy atom. The number of aromatic nitrogens is 1. The smallest absolute Gasteiger partial charge is 0.410 e. The highest BCUT2D eigenvalue weighted by molar-refractivity contribution is 7.19. The highest BCUT2D eigenvalue weighted by atomic mass is 32.1. The van der Waals surface area contributed by atoms with Crippen molar-refractivity contribution >= 4 is 39.0 Å². The number of carbonyl (C=O) groups is 1. The average molecular weight is 519 g/mol. The first kappa shape index (κ1) is 24.5. The first-order valence-electron chi connectivity index (χ1n) is 13.7. The number of rotatable bonds is 4. The van der Waals surface area contributed by atoms with Crippen LogP contribution in [0.3, 0.4) is 0 Å². The van der Waals surface area contributed by atoms with Crippen LogP contribution in [0.15, 0.2) is 36.4 Å². The zero-order chi connectivity index (χ0) is 25.7. The molecule has 0 N–H and O–H groups in total. The number of nitrogens with zero attached hydrogens (tertiary/aromatic N) is 4. The third-order valence-electron chi connectivity index (χ3n) is 7.90. The van der Waals surface area contributed by atoms with Crippen molar-refractivity contribution in [3.05, 3.63) is 41.3 Å². The Balaban J connectivity index is 1.18. The standard InChI is InChI=1S/C30H38N4O2S/c1-20-17-26-28(37-20)27(34-12-11-23(19-34)21-5-6-21)18-25(31-26)22-7-9-24(10-8-22)32-13-15-33(16-14-32)29(35)36-30(2,3)4/h7-10,17-18,21,23H,5-6,11-16,19H2,1-4H3. The van der Waals surface area contributed by atoms with Gasteiger partial charge in [0, 0.05) is 55.4 Å². The molecular formula is C30H38N4O2S. The summed E-state index contributed by atoms with van der Waals surface area (Å²) in [6, 6.07) is 13.3. The Hall–Kier alpha value is -2.80. The number of hydrogen-bond donors (Lipinski definition) is 0. The summed E-state index contributed by atoms with van der Waals surface area (Å²) in [4.78, 5) is 25.6. The molecule has 3 fully saturated rings. The number of anilines is 2. The van der Waals surface area contributed by atoms with Gasteiger partial charge in [-0.15, -0.1) is 11.3 Å². The molecule has 6 nitrogen and oxygen atoms in total. The van der Waals surface area contributed by atoms with Crippen molar-refractivity contribution in [1.82, 2.24) is 9.88 Å². The van der Waals surface area contributed by atoms with Crippen LogP contribution < -0.4 is 9.80 Å². The minimum Gasteiger partial charge on any atom is -0.444 e. The number of carbonyl (C=O) groups excluding carboxylic acids is 1. The van der Waals surface area contributed by atoms with Crippen molar-refractivity contribution < 1.29 is 9.53 Å². The molecule has 6 rings (SSSR count). The van der Waals surface area contributed by atoms with Crippen molar-refractivity contribution in [3.8, 4) is 11.3 Å². The van der Waals surface area contributed by atoms with Gasteiger partial charge >= 0.3 is 6.09 Å². The normalized spacial score (nSPS) is 20.6. The van der Waals surface area contributed by atoms with E-state index in [1.54, 1.807) is 0 Å². The molecular weight excluding hydrogens is 480 g/mol. The molecule has 1 saturated carbocycles. The summed E-state index contributed by atoms with van der Waals surface area (Å²) in [6.07, 6.45) is 3.96. The van der Waals surface area contributed by atoms with Crippen molar-refractivity contribution in [3.63, 3.8) is 0 Å². The molecule has 2 aromatic heterocycles. The third-order valence-corrected chi connectivity index (χ3v) is 8.96. The highest BCUT2D eigenvalue weighted by Crippen LogP contribution is 2.44. The number of thiophene rings is 1. The Morgan fingerprint density at radius 1 is 0.946 bits per heavy atom. The second-order valence-electron chi connectivity index (χ2n) is 11.9. The summed E-state index contributed by atoms with van der Waals surface area (Å²) in [5.74, 6) is 1.83. The van der Waals surface area contributed by atoms with Gasteiger partial charge in [0.2, 0.25) is 0 Å². The summed E-state index contributed by atoms with van der Waals surface area (Å²) in [5.41, 5.74) is 5.41. The van der Waals surface area contributed by atoms with Crippen LogP contribution in [0.25, 0.3) is 21.5 Å². The molecule has 4 heterocycles. The van der Waals surface area contributed by atoms with Gasteiger partial charge in [0.1, 0.15) is 5.60 Å². The fourth-order valence-corrected chi connectivity index (χ4v) is 6.78. The van der Waals surface area contributed by atoms with Gasteiger partial charge in [0.15, 0.2) is 0 Å². The Morgan fingerprint density at radius 3 is 2.35 bits per heavy atom. The van der Waals surface area contributed by atoms with E-state index in [0.717, 1.165) is 48.2 Å². The lowest BCUT2D eigenvalue weighted by Crippen LogP contribution is -2.50. The lowest BCUT2D eigenvalue weighted by molar-refractivity contribution is 0.0240. The second-order valence-corrected chi connectivity index (χ2v) is 13.2. The van der Waals surface area contributed by atoms with Gasteiger partial charge in [-0.1, -0.05) is 12.1 Å². The molecule has 2 saturated heterocycles. The van der Waals surface area contributed by atoms with E-state index in [4.69, 9.17) is 9.72 Å². The number of amides is 1. The van der Waals surface area contributed by atoms with E-state index in [2.05, 4.69) is 53.1 Å². The van der Waals surface area contributed by atoms with E-state index in [-0.39, 0.29) is 6.09 Å². The molecule has 3 aromatic rings. The molecule has 37 heavy (non-hydrogen) atoms. The molecule has 2 aliphatic heterocycles. The van der Waals surface area contributed by atoms with Gasteiger partial charge in [-0.25, -0.2) is 9.78 Å². The maximum absolute atomic E-state index is 12.4. The predicted octanol–water partition coefficient (Wildman–Crippen LogP) is 6.57. The number of benzene rings is 1. The Labute approximate surface area is 224 Å². The first-order chi connectivity index (χ1) is 17.7. The van der Waals surface area contributed by atoms with E-state index in [9.17, 15) is 4.79 Å². The predicted molar refractivity (Wildman–Crippen MR) is 153 cm³/mol. The van der Waals surface area contributed by atoms with Gasteiger partial charge in [-0.2, -0.15) is 0 Å². The SMILES string of the molecule is Cc1cc2nc(-c3ccc(N4CCN(C(=O)OC(C)(C)C)CC4)cc3)cc(N3CCC(C4CC4)C3)c2s1. The van der Waals surface area contributed by atoms with Gasteiger partial charge in [-0.3, -0.25) is 0 Å². The van der Waals surface area contributed by atoms with Crippen LogP contribution in [0.2, 0.25) is 0 Å². The van der Waals surface area contributed by atoms with E-state index >= 15 is 0 Å². The summed E-state index contributed by atoms with van der Waals surface area (Å²) in [6.45, 7) is 13.2. The number of ether oxygens (including phenoxy) is 1. The maximum atomic E-state index is 12.4. The zero-order valence-corrected chi connectivity index (χ0v) is 23.3. The van der Waals surface area contributed by atoms with Gasteiger partial charge < -0.3 is 19.4 Å². The summed E-state index contributed by atoms with van der Waals surface area (Å²) >= 11 is 1.87. The quantitative estimate of drug-likeness (QED) is 0.391. The molecule has 196 valence electrons. The number of aryl methyl sites for hydroxylation is 1. The lowest BCUT2D eigenvalue weighted by Gasteiger charge is -2.36. The van der Waals surface area contributed by atoms with Crippen molar-refractivity contribution in [2.45, 2.75) is 52.6 Å². The minimum atomic E-state index is -0.462.